The molecule has 0 amide bonds. The average Bonchev–Trinajstić information content (AvgIpc) is 2.84. The Labute approximate surface area is 132 Å². The summed E-state index contributed by atoms with van der Waals surface area (Å²) in [4.78, 5) is 8.34. The van der Waals surface area contributed by atoms with E-state index in [9.17, 15) is 0 Å². The smallest absolute Gasteiger partial charge is 0.0943 e. The molecule has 0 unspecified atom stereocenters. The van der Waals surface area contributed by atoms with Crippen LogP contribution in [0.5, 0.6) is 0 Å². The van der Waals surface area contributed by atoms with E-state index in [-0.39, 0.29) is 0 Å². The monoisotopic (exact) mass is 292 g/mol. The number of nitrogens with zero attached hydrogens (tertiary/aromatic N) is 1. The Morgan fingerprint density at radius 2 is 1.82 bits per heavy atom. The third-order valence-electron chi connectivity index (χ3n) is 4.50. The molecule has 22 heavy (non-hydrogen) atoms. The van der Waals surface area contributed by atoms with Gasteiger partial charge in [0.25, 0.3) is 0 Å². The zero-order chi connectivity index (χ0) is 15.5. The molecule has 0 fully saturated rings. The van der Waals surface area contributed by atoms with Crippen molar-refractivity contribution in [2.24, 2.45) is 0 Å². The van der Waals surface area contributed by atoms with Crippen LogP contribution in [-0.2, 0) is 6.42 Å². The number of aromatic nitrogens is 2. The number of nitrogens with one attached hydrogen (secondary N) is 1. The van der Waals surface area contributed by atoms with Crippen LogP contribution in [0.2, 0.25) is 0 Å². The standard InChI is InChI=1S/C20H24N2/c1-4-5-7-12-17-13-21-19(16-10-8-6-9-11-16)20-18(17)14(2)15(3)22-20/h6,8-11,13,22H,4-5,7,12H2,1-3H3. The van der Waals surface area contributed by atoms with Crippen LogP contribution in [0.3, 0.4) is 0 Å². The van der Waals surface area contributed by atoms with Crippen LogP contribution in [0.1, 0.15) is 43.0 Å². The molecule has 0 atom stereocenters. The Kier molecular flexibility index (Phi) is 4.28. The molecule has 3 rings (SSSR count). The molecule has 1 aromatic carbocycles. The van der Waals surface area contributed by atoms with Crippen molar-refractivity contribution in [2.45, 2.75) is 46.5 Å². The van der Waals surface area contributed by atoms with Crippen molar-refractivity contribution in [2.75, 3.05) is 0 Å². The molecule has 2 heterocycles. The van der Waals surface area contributed by atoms with Crippen LogP contribution in [0.4, 0.5) is 0 Å². The van der Waals surface area contributed by atoms with E-state index >= 15 is 0 Å². The van der Waals surface area contributed by atoms with Gasteiger partial charge in [-0.15, -0.1) is 0 Å². The number of benzene rings is 1. The molecule has 0 saturated heterocycles. The second-order valence-corrected chi connectivity index (χ2v) is 6.08. The molecule has 114 valence electrons. The van der Waals surface area contributed by atoms with E-state index in [1.807, 2.05) is 6.07 Å². The molecule has 0 bridgehead atoms. The van der Waals surface area contributed by atoms with Crippen LogP contribution < -0.4 is 0 Å². The SMILES string of the molecule is CCCCCc1cnc(-c2ccccc2)c2[nH]c(C)c(C)c12. The Morgan fingerprint density at radius 1 is 1.05 bits per heavy atom. The Bertz CT molecular complexity index is 769. The lowest BCUT2D eigenvalue weighted by molar-refractivity contribution is 0.718. The lowest BCUT2D eigenvalue weighted by atomic mass is 10.00. The maximum atomic E-state index is 4.78. The van der Waals surface area contributed by atoms with E-state index in [4.69, 9.17) is 4.98 Å². The van der Waals surface area contributed by atoms with Crippen molar-refractivity contribution in [3.05, 3.63) is 53.3 Å². The van der Waals surface area contributed by atoms with E-state index in [1.54, 1.807) is 0 Å². The first-order valence-electron chi connectivity index (χ1n) is 8.24. The molecule has 0 aliphatic carbocycles. The van der Waals surface area contributed by atoms with E-state index in [2.05, 4.69) is 56.2 Å². The van der Waals surface area contributed by atoms with Gasteiger partial charge in [-0.25, -0.2) is 0 Å². The minimum Gasteiger partial charge on any atom is -0.357 e. The van der Waals surface area contributed by atoms with Crippen LogP contribution in [0.25, 0.3) is 22.2 Å². The van der Waals surface area contributed by atoms with Gasteiger partial charge in [-0.05, 0) is 37.8 Å². The normalized spacial score (nSPS) is 11.2. The highest BCUT2D eigenvalue weighted by molar-refractivity contribution is 5.96. The zero-order valence-corrected chi connectivity index (χ0v) is 13.7. The molecule has 0 aliphatic heterocycles. The van der Waals surface area contributed by atoms with E-state index in [0.717, 1.165) is 12.1 Å². The highest BCUT2D eigenvalue weighted by atomic mass is 14.8. The summed E-state index contributed by atoms with van der Waals surface area (Å²) >= 11 is 0. The lowest BCUT2D eigenvalue weighted by Crippen LogP contribution is -1.93. The van der Waals surface area contributed by atoms with Gasteiger partial charge in [0.05, 0.1) is 11.2 Å². The predicted molar refractivity (Wildman–Crippen MR) is 94.2 cm³/mol. The fraction of sp³-hybridized carbons (Fsp3) is 0.350. The number of aromatic amines is 1. The summed E-state index contributed by atoms with van der Waals surface area (Å²) in [6.07, 6.45) is 6.97. The Morgan fingerprint density at radius 3 is 2.55 bits per heavy atom. The maximum absolute atomic E-state index is 4.78. The summed E-state index contributed by atoms with van der Waals surface area (Å²) in [5.74, 6) is 0. The molecular formula is C20H24N2. The minimum absolute atomic E-state index is 1.06. The minimum atomic E-state index is 1.06. The number of pyridine rings is 1. The number of fused-ring (bicyclic) bond motifs is 1. The molecule has 3 aromatic rings. The van der Waals surface area contributed by atoms with Crippen LogP contribution in [-0.4, -0.2) is 9.97 Å². The molecule has 0 aliphatic rings. The Hall–Kier alpha value is -2.09. The molecule has 1 N–H and O–H groups in total. The third kappa shape index (κ3) is 2.66. The quantitative estimate of drug-likeness (QED) is 0.611. The fourth-order valence-electron chi connectivity index (χ4n) is 3.14. The summed E-state index contributed by atoms with van der Waals surface area (Å²) < 4.78 is 0. The number of hydrogen-bond donors (Lipinski definition) is 1. The third-order valence-corrected chi connectivity index (χ3v) is 4.50. The fourth-order valence-corrected chi connectivity index (χ4v) is 3.14. The molecule has 0 saturated carbocycles. The van der Waals surface area contributed by atoms with Gasteiger partial charge in [-0.3, -0.25) is 4.98 Å². The highest BCUT2D eigenvalue weighted by Gasteiger charge is 2.14. The summed E-state index contributed by atoms with van der Waals surface area (Å²) in [6, 6.07) is 10.4. The highest BCUT2D eigenvalue weighted by Crippen LogP contribution is 2.32. The van der Waals surface area contributed by atoms with Gasteiger partial charge < -0.3 is 4.98 Å². The van der Waals surface area contributed by atoms with Crippen LogP contribution in [0.15, 0.2) is 36.5 Å². The van der Waals surface area contributed by atoms with Crippen molar-refractivity contribution >= 4 is 10.9 Å². The van der Waals surface area contributed by atoms with Crippen LogP contribution in [0, 0.1) is 13.8 Å². The van der Waals surface area contributed by atoms with Crippen molar-refractivity contribution in [1.82, 2.24) is 9.97 Å². The van der Waals surface area contributed by atoms with Gasteiger partial charge in [-0.1, -0.05) is 50.1 Å². The maximum Gasteiger partial charge on any atom is 0.0943 e. The van der Waals surface area contributed by atoms with E-state index in [0.29, 0.717) is 0 Å². The number of aryl methyl sites for hydroxylation is 3. The molecule has 0 spiro atoms. The summed E-state index contributed by atoms with van der Waals surface area (Å²) in [6.45, 7) is 6.62. The summed E-state index contributed by atoms with van der Waals surface area (Å²) in [7, 11) is 0. The van der Waals surface area contributed by atoms with Crippen molar-refractivity contribution in [3.63, 3.8) is 0 Å². The van der Waals surface area contributed by atoms with Gasteiger partial charge in [0, 0.05) is 22.8 Å². The molecule has 0 radical (unpaired) electrons. The Balaban J connectivity index is 2.13. The first kappa shape index (κ1) is 14.8. The topological polar surface area (TPSA) is 28.7 Å². The second kappa shape index (κ2) is 6.35. The van der Waals surface area contributed by atoms with Crippen molar-refractivity contribution < 1.29 is 0 Å². The van der Waals surface area contributed by atoms with Crippen LogP contribution >= 0.6 is 0 Å². The second-order valence-electron chi connectivity index (χ2n) is 6.08. The van der Waals surface area contributed by atoms with Gasteiger partial charge in [0.15, 0.2) is 0 Å². The summed E-state index contributed by atoms with van der Waals surface area (Å²) in [5, 5.41) is 1.38. The average molecular weight is 292 g/mol. The van der Waals surface area contributed by atoms with Crippen molar-refractivity contribution in [1.29, 1.82) is 0 Å². The molecule has 2 heteroatoms. The molecule has 2 aromatic heterocycles. The van der Waals surface area contributed by atoms with E-state index < -0.39 is 0 Å². The number of hydrogen-bond acceptors (Lipinski definition) is 1. The largest absolute Gasteiger partial charge is 0.357 e. The lowest BCUT2D eigenvalue weighted by Gasteiger charge is -2.08. The number of unbranched alkanes of at least 4 members (excludes halogenated alkanes) is 2. The molecular weight excluding hydrogens is 268 g/mol. The van der Waals surface area contributed by atoms with Gasteiger partial charge in [0.1, 0.15) is 0 Å². The van der Waals surface area contributed by atoms with Gasteiger partial charge >= 0.3 is 0 Å². The molecule has 2 nitrogen and oxygen atoms in total. The van der Waals surface area contributed by atoms with Crippen molar-refractivity contribution in [3.8, 4) is 11.3 Å². The summed E-state index contributed by atoms with van der Waals surface area (Å²) in [5.41, 5.74) is 7.41. The van der Waals surface area contributed by atoms with E-state index in [1.165, 1.54) is 52.5 Å². The number of rotatable bonds is 5. The van der Waals surface area contributed by atoms with Gasteiger partial charge in [-0.2, -0.15) is 0 Å². The predicted octanol–water partition coefficient (Wildman–Crippen LogP) is 5.58. The number of H-pyrrole nitrogens is 1. The first-order chi connectivity index (χ1) is 10.7. The zero-order valence-electron chi connectivity index (χ0n) is 13.7. The first-order valence-corrected chi connectivity index (χ1v) is 8.24. The van der Waals surface area contributed by atoms with Gasteiger partial charge in [0.2, 0.25) is 0 Å².